The summed E-state index contributed by atoms with van der Waals surface area (Å²) in [4.78, 5) is 28.4. The Bertz CT molecular complexity index is 666. The fourth-order valence-corrected chi connectivity index (χ4v) is 3.84. The summed E-state index contributed by atoms with van der Waals surface area (Å²) in [5.74, 6) is -1.32. The highest BCUT2D eigenvalue weighted by Crippen LogP contribution is 2.37. The minimum Gasteiger partial charge on any atom is -0.480 e. The maximum absolute atomic E-state index is 12.9. The van der Waals surface area contributed by atoms with E-state index in [1.807, 2.05) is 30.3 Å². The number of amides is 1. The molecule has 3 rings (SSSR count). The molecule has 0 aromatic heterocycles. The van der Waals surface area contributed by atoms with Crippen molar-refractivity contribution in [3.05, 3.63) is 42.0 Å². The summed E-state index contributed by atoms with van der Waals surface area (Å²) < 4.78 is 5.93. The van der Waals surface area contributed by atoms with Gasteiger partial charge in [-0.15, -0.1) is 0 Å². The quantitative estimate of drug-likeness (QED) is 0.818. The standard InChI is InChI=1S/C20H26N2O4/c1-2-12-21-13-10-20(11-14-21)22(17(15-26-20)19(24)25)18(23)9-8-16-6-4-3-5-7-16/h3-9,17H,2,10-15H2,1H3,(H,24,25)/b9-8-/t17-/m1/s1. The van der Waals surface area contributed by atoms with Gasteiger partial charge in [0.15, 0.2) is 6.04 Å². The number of rotatable bonds is 5. The molecular formula is C20H26N2O4. The van der Waals surface area contributed by atoms with Gasteiger partial charge in [-0.2, -0.15) is 0 Å². The lowest BCUT2D eigenvalue weighted by Crippen LogP contribution is -2.57. The average Bonchev–Trinajstić information content (AvgIpc) is 3.02. The number of ether oxygens (including phenoxy) is 1. The van der Waals surface area contributed by atoms with E-state index in [1.54, 1.807) is 6.08 Å². The topological polar surface area (TPSA) is 70.1 Å². The van der Waals surface area contributed by atoms with Crippen molar-refractivity contribution in [2.45, 2.75) is 38.0 Å². The van der Waals surface area contributed by atoms with Crippen molar-refractivity contribution in [3.8, 4) is 0 Å². The summed E-state index contributed by atoms with van der Waals surface area (Å²) >= 11 is 0. The van der Waals surface area contributed by atoms with Gasteiger partial charge in [0, 0.05) is 32.0 Å². The van der Waals surface area contributed by atoms with Gasteiger partial charge in [0.05, 0.1) is 6.61 Å². The molecule has 6 nitrogen and oxygen atoms in total. The Hall–Kier alpha value is -2.18. The molecule has 140 valence electrons. The lowest BCUT2D eigenvalue weighted by molar-refractivity contribution is -0.162. The molecule has 0 radical (unpaired) electrons. The number of hydrogen-bond acceptors (Lipinski definition) is 4. The molecule has 1 N–H and O–H groups in total. The van der Waals surface area contributed by atoms with Crippen LogP contribution in [0, 0.1) is 0 Å². The van der Waals surface area contributed by atoms with Crippen molar-refractivity contribution in [2.75, 3.05) is 26.2 Å². The second-order valence-corrected chi connectivity index (χ2v) is 6.91. The molecule has 2 aliphatic rings. The van der Waals surface area contributed by atoms with Crippen LogP contribution in [0.15, 0.2) is 36.4 Å². The van der Waals surface area contributed by atoms with Gasteiger partial charge in [-0.25, -0.2) is 4.79 Å². The van der Waals surface area contributed by atoms with Crippen molar-refractivity contribution < 1.29 is 19.4 Å². The lowest BCUT2D eigenvalue weighted by atomic mass is 9.97. The van der Waals surface area contributed by atoms with E-state index in [2.05, 4.69) is 11.8 Å². The molecule has 1 spiro atoms. The number of carboxylic acids is 1. The van der Waals surface area contributed by atoms with Crippen LogP contribution < -0.4 is 0 Å². The fraction of sp³-hybridized carbons (Fsp3) is 0.500. The summed E-state index contributed by atoms with van der Waals surface area (Å²) in [5, 5.41) is 9.56. The number of carboxylic acid groups (broad SMARTS) is 1. The van der Waals surface area contributed by atoms with Crippen LogP contribution in [0.2, 0.25) is 0 Å². The molecular weight excluding hydrogens is 332 g/mol. The fourth-order valence-electron chi connectivity index (χ4n) is 3.84. The van der Waals surface area contributed by atoms with Crippen LogP contribution in [-0.2, 0) is 14.3 Å². The Kier molecular flexibility index (Phi) is 5.74. The first kappa shape index (κ1) is 18.6. The van der Waals surface area contributed by atoms with Crippen molar-refractivity contribution in [1.29, 1.82) is 0 Å². The van der Waals surface area contributed by atoms with Gasteiger partial charge < -0.3 is 14.7 Å². The van der Waals surface area contributed by atoms with E-state index in [4.69, 9.17) is 4.74 Å². The van der Waals surface area contributed by atoms with Crippen LogP contribution in [0.1, 0.15) is 31.7 Å². The first-order chi connectivity index (χ1) is 12.6. The van der Waals surface area contributed by atoms with Crippen LogP contribution >= 0.6 is 0 Å². The Morgan fingerprint density at radius 1 is 1.27 bits per heavy atom. The second kappa shape index (κ2) is 8.01. The first-order valence-electron chi connectivity index (χ1n) is 9.21. The molecule has 26 heavy (non-hydrogen) atoms. The van der Waals surface area contributed by atoms with Gasteiger partial charge in [0.2, 0.25) is 5.91 Å². The normalized spacial score (nSPS) is 23.0. The van der Waals surface area contributed by atoms with Gasteiger partial charge in [-0.05, 0) is 24.6 Å². The molecule has 2 aliphatic heterocycles. The third kappa shape index (κ3) is 3.81. The molecule has 0 aliphatic carbocycles. The maximum Gasteiger partial charge on any atom is 0.328 e. The number of benzene rings is 1. The van der Waals surface area contributed by atoms with Crippen molar-refractivity contribution >= 4 is 18.0 Å². The Morgan fingerprint density at radius 2 is 1.96 bits per heavy atom. The summed E-state index contributed by atoms with van der Waals surface area (Å²) in [6.45, 7) is 4.83. The van der Waals surface area contributed by atoms with Crippen molar-refractivity contribution in [3.63, 3.8) is 0 Å². The van der Waals surface area contributed by atoms with Gasteiger partial charge in [-0.1, -0.05) is 37.3 Å². The third-order valence-electron chi connectivity index (χ3n) is 5.18. The SMILES string of the molecule is CCCN1CCC2(CC1)OC[C@H](C(=O)O)N2C(=O)/C=C\c1ccccc1. The average molecular weight is 358 g/mol. The minimum absolute atomic E-state index is 0.0496. The van der Waals surface area contributed by atoms with Crippen molar-refractivity contribution in [1.82, 2.24) is 9.80 Å². The number of piperidine rings is 1. The minimum atomic E-state index is -1.01. The van der Waals surface area contributed by atoms with E-state index in [-0.39, 0.29) is 12.5 Å². The molecule has 1 aromatic rings. The van der Waals surface area contributed by atoms with Crippen LogP contribution in [0.3, 0.4) is 0 Å². The van der Waals surface area contributed by atoms with E-state index < -0.39 is 17.7 Å². The predicted molar refractivity (Wildman–Crippen MR) is 98.4 cm³/mol. The van der Waals surface area contributed by atoms with E-state index in [9.17, 15) is 14.7 Å². The summed E-state index contributed by atoms with van der Waals surface area (Å²) in [6, 6.07) is 8.58. The number of carbonyl (C=O) groups is 2. The zero-order valence-corrected chi connectivity index (χ0v) is 15.1. The zero-order chi connectivity index (χ0) is 18.6. The van der Waals surface area contributed by atoms with E-state index in [0.29, 0.717) is 12.8 Å². The number of carbonyl (C=O) groups excluding carboxylic acids is 1. The monoisotopic (exact) mass is 358 g/mol. The maximum atomic E-state index is 12.9. The number of likely N-dealkylation sites (tertiary alicyclic amines) is 1. The molecule has 1 aromatic carbocycles. The molecule has 2 saturated heterocycles. The Balaban J connectivity index is 1.78. The van der Waals surface area contributed by atoms with Crippen LogP contribution in [0.5, 0.6) is 0 Å². The number of hydrogen-bond donors (Lipinski definition) is 1. The molecule has 0 unspecified atom stereocenters. The van der Waals surface area contributed by atoms with Gasteiger partial charge >= 0.3 is 5.97 Å². The molecule has 2 heterocycles. The molecule has 0 saturated carbocycles. The molecule has 6 heteroatoms. The van der Waals surface area contributed by atoms with Gasteiger partial charge in [0.25, 0.3) is 0 Å². The molecule has 2 fully saturated rings. The van der Waals surface area contributed by atoms with E-state index in [1.165, 1.54) is 11.0 Å². The predicted octanol–water partition coefficient (Wildman–Crippen LogP) is 2.21. The Morgan fingerprint density at radius 3 is 2.58 bits per heavy atom. The Labute approximate surface area is 154 Å². The smallest absolute Gasteiger partial charge is 0.328 e. The summed E-state index contributed by atoms with van der Waals surface area (Å²) in [7, 11) is 0. The highest BCUT2D eigenvalue weighted by Gasteiger charge is 2.53. The molecule has 0 bridgehead atoms. The van der Waals surface area contributed by atoms with E-state index in [0.717, 1.165) is 31.6 Å². The van der Waals surface area contributed by atoms with E-state index >= 15 is 0 Å². The highest BCUT2D eigenvalue weighted by atomic mass is 16.5. The first-order valence-corrected chi connectivity index (χ1v) is 9.21. The lowest BCUT2D eigenvalue weighted by Gasteiger charge is -2.44. The summed E-state index contributed by atoms with van der Waals surface area (Å²) in [6.07, 6.45) is 5.54. The van der Waals surface area contributed by atoms with Crippen LogP contribution in [0.25, 0.3) is 6.08 Å². The summed E-state index contributed by atoms with van der Waals surface area (Å²) in [5.41, 5.74) is 0.102. The van der Waals surface area contributed by atoms with Crippen LogP contribution in [0.4, 0.5) is 0 Å². The highest BCUT2D eigenvalue weighted by molar-refractivity contribution is 5.95. The number of aliphatic carboxylic acids is 1. The largest absolute Gasteiger partial charge is 0.480 e. The van der Waals surface area contributed by atoms with Gasteiger partial charge in [0.1, 0.15) is 5.72 Å². The second-order valence-electron chi connectivity index (χ2n) is 6.91. The molecule has 1 amide bonds. The third-order valence-corrected chi connectivity index (χ3v) is 5.18. The van der Waals surface area contributed by atoms with Crippen molar-refractivity contribution in [2.24, 2.45) is 0 Å². The van der Waals surface area contributed by atoms with Crippen LogP contribution in [-0.4, -0.2) is 64.8 Å². The van der Waals surface area contributed by atoms with Gasteiger partial charge in [-0.3, -0.25) is 9.69 Å². The zero-order valence-electron chi connectivity index (χ0n) is 15.1. The number of nitrogens with zero attached hydrogens (tertiary/aromatic N) is 2. The molecule has 1 atom stereocenters.